The summed E-state index contributed by atoms with van der Waals surface area (Å²) in [6.07, 6.45) is 0. The molecule has 0 saturated heterocycles. The van der Waals surface area contributed by atoms with E-state index in [2.05, 4.69) is 17.1 Å². The van der Waals surface area contributed by atoms with Crippen LogP contribution in [0.4, 0.5) is 4.39 Å². The Morgan fingerprint density at radius 2 is 1.27 bits per heavy atom. The second-order valence-corrected chi connectivity index (χ2v) is 5.27. The molecule has 0 saturated carbocycles. The molecule has 0 radical (unpaired) electrons. The molecule has 0 bridgehead atoms. The standard InChI is InChI=1S/C20H14FN/c21-17-13-7-12-16-18(14-8-3-1-4-9-14)19(22-20(16)17)15-10-5-2-6-11-15/h1-13,22H. The SMILES string of the molecule is Fc1cccc2c(-c3ccccc3)c(-c3ccccc3)[nH]c12. The third kappa shape index (κ3) is 2.01. The fourth-order valence-electron chi connectivity index (χ4n) is 2.91. The van der Waals surface area contributed by atoms with E-state index in [1.807, 2.05) is 54.6 Å². The van der Waals surface area contributed by atoms with Gasteiger partial charge in [-0.3, -0.25) is 0 Å². The molecule has 0 aliphatic carbocycles. The van der Waals surface area contributed by atoms with Crippen LogP contribution in [0.1, 0.15) is 0 Å². The van der Waals surface area contributed by atoms with Crippen LogP contribution in [0.3, 0.4) is 0 Å². The van der Waals surface area contributed by atoms with Gasteiger partial charge in [0.2, 0.25) is 0 Å². The lowest BCUT2D eigenvalue weighted by Crippen LogP contribution is -1.82. The summed E-state index contributed by atoms with van der Waals surface area (Å²) in [5, 5.41) is 0.907. The Hall–Kier alpha value is -2.87. The van der Waals surface area contributed by atoms with Gasteiger partial charge in [-0.15, -0.1) is 0 Å². The van der Waals surface area contributed by atoms with Gasteiger partial charge in [-0.25, -0.2) is 4.39 Å². The van der Waals surface area contributed by atoms with E-state index >= 15 is 0 Å². The molecule has 1 N–H and O–H groups in total. The number of aromatic nitrogens is 1. The van der Waals surface area contributed by atoms with Crippen LogP contribution >= 0.6 is 0 Å². The quantitative estimate of drug-likeness (QED) is 0.491. The first-order valence-corrected chi connectivity index (χ1v) is 7.25. The van der Waals surface area contributed by atoms with E-state index in [0.29, 0.717) is 5.52 Å². The molecular weight excluding hydrogens is 273 g/mol. The lowest BCUT2D eigenvalue weighted by molar-refractivity contribution is 0.637. The highest BCUT2D eigenvalue weighted by atomic mass is 19.1. The highest BCUT2D eigenvalue weighted by molar-refractivity contribution is 6.03. The lowest BCUT2D eigenvalue weighted by Gasteiger charge is -2.05. The summed E-state index contributed by atoms with van der Waals surface area (Å²) in [4.78, 5) is 3.27. The number of fused-ring (bicyclic) bond motifs is 1. The Kier molecular flexibility index (Phi) is 3.01. The zero-order chi connectivity index (χ0) is 14.9. The summed E-state index contributed by atoms with van der Waals surface area (Å²) in [6, 6.07) is 25.3. The maximum atomic E-state index is 14.2. The number of benzene rings is 3. The van der Waals surface area contributed by atoms with Crippen LogP contribution in [-0.4, -0.2) is 4.98 Å². The fraction of sp³-hybridized carbons (Fsp3) is 0. The Bertz CT molecular complexity index is 924. The number of halogens is 1. The van der Waals surface area contributed by atoms with Gasteiger partial charge in [-0.1, -0.05) is 72.8 Å². The highest BCUT2D eigenvalue weighted by Gasteiger charge is 2.16. The van der Waals surface area contributed by atoms with Gasteiger partial charge in [0.15, 0.2) is 0 Å². The minimum Gasteiger partial charge on any atom is -0.352 e. The lowest BCUT2D eigenvalue weighted by atomic mass is 9.98. The van der Waals surface area contributed by atoms with Crippen molar-refractivity contribution in [2.45, 2.75) is 0 Å². The van der Waals surface area contributed by atoms with E-state index in [1.165, 1.54) is 6.07 Å². The van der Waals surface area contributed by atoms with Crippen molar-refractivity contribution >= 4 is 10.9 Å². The first-order chi connectivity index (χ1) is 10.8. The zero-order valence-corrected chi connectivity index (χ0v) is 11.9. The predicted octanol–water partition coefficient (Wildman–Crippen LogP) is 5.64. The third-order valence-corrected chi connectivity index (χ3v) is 3.91. The molecule has 0 fully saturated rings. The van der Waals surface area contributed by atoms with Crippen LogP contribution in [0.5, 0.6) is 0 Å². The molecule has 3 aromatic carbocycles. The first kappa shape index (κ1) is 12.8. The van der Waals surface area contributed by atoms with E-state index in [-0.39, 0.29) is 5.82 Å². The average Bonchev–Trinajstić information content (AvgIpc) is 2.97. The fourth-order valence-corrected chi connectivity index (χ4v) is 2.91. The maximum Gasteiger partial charge on any atom is 0.147 e. The molecule has 106 valence electrons. The Labute approximate surface area is 128 Å². The number of rotatable bonds is 2. The maximum absolute atomic E-state index is 14.2. The van der Waals surface area contributed by atoms with E-state index < -0.39 is 0 Å². The van der Waals surface area contributed by atoms with Gasteiger partial charge in [-0.05, 0) is 17.2 Å². The number of H-pyrrole nitrogens is 1. The predicted molar refractivity (Wildman–Crippen MR) is 89.1 cm³/mol. The molecule has 0 aliphatic heterocycles. The Morgan fingerprint density at radius 3 is 1.95 bits per heavy atom. The summed E-state index contributed by atoms with van der Waals surface area (Å²) < 4.78 is 14.2. The smallest absolute Gasteiger partial charge is 0.147 e. The number of hydrogen-bond donors (Lipinski definition) is 1. The molecule has 1 aromatic heterocycles. The van der Waals surface area contributed by atoms with Gasteiger partial charge < -0.3 is 4.98 Å². The van der Waals surface area contributed by atoms with Crippen LogP contribution < -0.4 is 0 Å². The van der Waals surface area contributed by atoms with Crippen molar-refractivity contribution in [1.29, 1.82) is 0 Å². The van der Waals surface area contributed by atoms with Crippen LogP contribution in [0.15, 0.2) is 78.9 Å². The van der Waals surface area contributed by atoms with E-state index in [4.69, 9.17) is 0 Å². The normalized spacial score (nSPS) is 11.0. The molecule has 0 aliphatic rings. The molecule has 0 atom stereocenters. The largest absolute Gasteiger partial charge is 0.352 e. The minimum atomic E-state index is -0.225. The van der Waals surface area contributed by atoms with E-state index in [0.717, 1.165) is 27.8 Å². The first-order valence-electron chi connectivity index (χ1n) is 7.25. The summed E-state index contributed by atoms with van der Waals surface area (Å²) in [7, 11) is 0. The molecule has 0 unspecified atom stereocenters. The zero-order valence-electron chi connectivity index (χ0n) is 11.9. The molecule has 22 heavy (non-hydrogen) atoms. The minimum absolute atomic E-state index is 0.225. The van der Waals surface area contributed by atoms with Gasteiger partial charge >= 0.3 is 0 Å². The number of aromatic amines is 1. The second-order valence-electron chi connectivity index (χ2n) is 5.27. The van der Waals surface area contributed by atoms with Gasteiger partial charge in [0.05, 0.1) is 11.2 Å². The van der Waals surface area contributed by atoms with Gasteiger partial charge in [-0.2, -0.15) is 0 Å². The van der Waals surface area contributed by atoms with Crippen LogP contribution in [0, 0.1) is 5.82 Å². The summed E-state index contributed by atoms with van der Waals surface area (Å²) in [5.74, 6) is -0.225. The molecule has 0 amide bonds. The Balaban J connectivity index is 2.10. The van der Waals surface area contributed by atoms with Gasteiger partial charge in [0.1, 0.15) is 5.82 Å². The summed E-state index contributed by atoms with van der Waals surface area (Å²) in [6.45, 7) is 0. The van der Waals surface area contributed by atoms with Crippen LogP contribution in [0.2, 0.25) is 0 Å². The van der Waals surface area contributed by atoms with Crippen LogP contribution in [0.25, 0.3) is 33.3 Å². The molecule has 1 heterocycles. The average molecular weight is 287 g/mol. The molecule has 0 spiro atoms. The molecular formula is C20H14FN. The Morgan fingerprint density at radius 1 is 0.636 bits per heavy atom. The van der Waals surface area contributed by atoms with Crippen molar-refractivity contribution in [3.63, 3.8) is 0 Å². The van der Waals surface area contributed by atoms with Crippen molar-refractivity contribution in [2.24, 2.45) is 0 Å². The monoisotopic (exact) mass is 287 g/mol. The van der Waals surface area contributed by atoms with Crippen LogP contribution in [-0.2, 0) is 0 Å². The van der Waals surface area contributed by atoms with Crippen molar-refractivity contribution in [3.8, 4) is 22.4 Å². The second kappa shape index (κ2) is 5.15. The van der Waals surface area contributed by atoms with Crippen molar-refractivity contribution < 1.29 is 4.39 Å². The summed E-state index contributed by atoms with van der Waals surface area (Å²) >= 11 is 0. The number of para-hydroxylation sites is 1. The number of hydrogen-bond acceptors (Lipinski definition) is 0. The van der Waals surface area contributed by atoms with Crippen molar-refractivity contribution in [2.75, 3.05) is 0 Å². The van der Waals surface area contributed by atoms with Gasteiger partial charge in [0.25, 0.3) is 0 Å². The molecule has 4 aromatic rings. The number of nitrogens with one attached hydrogen (secondary N) is 1. The van der Waals surface area contributed by atoms with Crippen molar-refractivity contribution in [3.05, 3.63) is 84.7 Å². The van der Waals surface area contributed by atoms with Crippen molar-refractivity contribution in [1.82, 2.24) is 4.98 Å². The third-order valence-electron chi connectivity index (χ3n) is 3.91. The van der Waals surface area contributed by atoms with Gasteiger partial charge in [0, 0.05) is 10.9 Å². The highest BCUT2D eigenvalue weighted by Crippen LogP contribution is 2.38. The van der Waals surface area contributed by atoms with E-state index in [1.54, 1.807) is 6.07 Å². The topological polar surface area (TPSA) is 15.8 Å². The molecule has 4 rings (SSSR count). The summed E-state index contributed by atoms with van der Waals surface area (Å²) in [5.41, 5.74) is 4.68. The molecule has 1 nitrogen and oxygen atoms in total. The molecule has 2 heteroatoms. The van der Waals surface area contributed by atoms with E-state index in [9.17, 15) is 4.39 Å².